The van der Waals surface area contributed by atoms with Crippen molar-refractivity contribution in [3.63, 3.8) is 0 Å². The van der Waals surface area contributed by atoms with Gasteiger partial charge in [0.15, 0.2) is 0 Å². The summed E-state index contributed by atoms with van der Waals surface area (Å²) in [4.78, 5) is 22.9. The number of aliphatic hydroxyl groups is 1. The van der Waals surface area contributed by atoms with Gasteiger partial charge in [0.1, 0.15) is 17.8 Å². The number of aromatic nitrogens is 2. The van der Waals surface area contributed by atoms with Gasteiger partial charge in [0.25, 0.3) is 5.91 Å². The molecule has 2 aliphatic heterocycles. The number of anilines is 1. The molecule has 1 saturated heterocycles. The van der Waals surface area contributed by atoms with Crippen LogP contribution in [0.15, 0.2) is 36.7 Å². The SMILES string of the molecule is CC1(C)c2ccccc2CCN1CC(O)CNC(=O)c1cc(NC2COC2)ncn1. The standard InChI is InChI=1S/C22H29N5O3/c1-22(2)18-6-4-3-5-15(18)7-8-27(22)11-17(28)10-23-21(29)19-9-20(25-14-24-19)26-16-12-30-13-16/h3-6,9,14,16-17,28H,7-8,10-13H2,1-2H3,(H,23,29)(H,24,25,26). The summed E-state index contributed by atoms with van der Waals surface area (Å²) in [5, 5.41) is 16.6. The molecular weight excluding hydrogens is 382 g/mol. The van der Waals surface area contributed by atoms with Crippen molar-refractivity contribution in [1.29, 1.82) is 0 Å². The smallest absolute Gasteiger partial charge is 0.270 e. The van der Waals surface area contributed by atoms with Gasteiger partial charge in [-0.15, -0.1) is 0 Å². The number of carbonyl (C=O) groups excluding carboxylic acids is 1. The molecule has 3 N–H and O–H groups in total. The summed E-state index contributed by atoms with van der Waals surface area (Å²) in [6.45, 7) is 7.15. The predicted molar refractivity (Wildman–Crippen MR) is 113 cm³/mol. The van der Waals surface area contributed by atoms with Crippen LogP contribution in [0.25, 0.3) is 0 Å². The molecule has 1 atom stereocenters. The highest BCUT2D eigenvalue weighted by atomic mass is 16.5. The van der Waals surface area contributed by atoms with Gasteiger partial charge in [-0.2, -0.15) is 0 Å². The van der Waals surface area contributed by atoms with Crippen molar-refractivity contribution >= 4 is 11.7 Å². The summed E-state index contributed by atoms with van der Waals surface area (Å²) in [6, 6.07) is 10.3. The van der Waals surface area contributed by atoms with Gasteiger partial charge < -0.3 is 20.5 Å². The van der Waals surface area contributed by atoms with Crippen LogP contribution < -0.4 is 10.6 Å². The zero-order valence-corrected chi connectivity index (χ0v) is 17.5. The number of benzene rings is 1. The first-order chi connectivity index (χ1) is 14.4. The third-order valence-electron chi connectivity index (χ3n) is 5.94. The Kier molecular flexibility index (Phi) is 5.99. The Morgan fingerprint density at radius 1 is 1.33 bits per heavy atom. The van der Waals surface area contributed by atoms with Crippen molar-refractivity contribution in [3.05, 3.63) is 53.5 Å². The fourth-order valence-electron chi connectivity index (χ4n) is 4.07. The van der Waals surface area contributed by atoms with Gasteiger partial charge >= 0.3 is 0 Å². The van der Waals surface area contributed by atoms with Crippen LogP contribution in [-0.2, 0) is 16.7 Å². The fourth-order valence-corrected chi connectivity index (χ4v) is 4.07. The van der Waals surface area contributed by atoms with Crippen LogP contribution in [-0.4, -0.2) is 70.9 Å². The predicted octanol–water partition coefficient (Wildman–Crippen LogP) is 1.17. The van der Waals surface area contributed by atoms with Gasteiger partial charge in [-0.05, 0) is 31.4 Å². The first-order valence-corrected chi connectivity index (χ1v) is 10.4. The summed E-state index contributed by atoms with van der Waals surface area (Å²) < 4.78 is 5.13. The maximum absolute atomic E-state index is 12.5. The van der Waals surface area contributed by atoms with Crippen LogP contribution in [0.3, 0.4) is 0 Å². The molecule has 1 unspecified atom stereocenters. The van der Waals surface area contributed by atoms with Gasteiger partial charge in [-0.25, -0.2) is 9.97 Å². The third kappa shape index (κ3) is 4.45. The number of fused-ring (bicyclic) bond motifs is 1. The monoisotopic (exact) mass is 411 g/mol. The first kappa shape index (κ1) is 20.7. The molecule has 30 heavy (non-hydrogen) atoms. The lowest BCUT2D eigenvalue weighted by molar-refractivity contribution is 0.0209. The Morgan fingerprint density at radius 2 is 2.13 bits per heavy atom. The molecule has 8 heteroatoms. The van der Waals surface area contributed by atoms with E-state index in [0.29, 0.717) is 25.6 Å². The molecule has 4 rings (SSSR count). The number of aliphatic hydroxyl groups excluding tert-OH is 1. The number of nitrogens with zero attached hydrogens (tertiary/aromatic N) is 3. The molecule has 0 bridgehead atoms. The molecule has 1 amide bonds. The lowest BCUT2D eigenvalue weighted by Crippen LogP contribution is -2.51. The van der Waals surface area contributed by atoms with Crippen LogP contribution >= 0.6 is 0 Å². The second-order valence-corrected chi connectivity index (χ2v) is 8.44. The van der Waals surface area contributed by atoms with E-state index in [9.17, 15) is 9.90 Å². The van der Waals surface area contributed by atoms with Crippen molar-refractivity contribution in [2.24, 2.45) is 0 Å². The second kappa shape index (κ2) is 8.67. The van der Waals surface area contributed by atoms with Crippen molar-refractivity contribution in [2.45, 2.75) is 38.0 Å². The summed E-state index contributed by atoms with van der Waals surface area (Å²) >= 11 is 0. The molecule has 0 radical (unpaired) electrons. The number of hydrogen-bond donors (Lipinski definition) is 3. The van der Waals surface area contributed by atoms with Crippen LogP contribution in [0, 0.1) is 0 Å². The van der Waals surface area contributed by atoms with E-state index in [-0.39, 0.29) is 29.7 Å². The number of ether oxygens (including phenoxy) is 1. The number of rotatable bonds is 7. The Morgan fingerprint density at radius 3 is 2.90 bits per heavy atom. The van der Waals surface area contributed by atoms with Crippen LogP contribution in [0.4, 0.5) is 5.82 Å². The van der Waals surface area contributed by atoms with E-state index in [2.05, 4.69) is 63.6 Å². The number of carbonyl (C=O) groups is 1. The summed E-state index contributed by atoms with van der Waals surface area (Å²) in [5.41, 5.74) is 2.76. The van der Waals surface area contributed by atoms with E-state index in [1.165, 1.54) is 17.5 Å². The molecule has 160 valence electrons. The van der Waals surface area contributed by atoms with E-state index >= 15 is 0 Å². The minimum Gasteiger partial charge on any atom is -0.390 e. The Hall–Kier alpha value is -2.55. The maximum Gasteiger partial charge on any atom is 0.270 e. The normalized spacial score (nSPS) is 19.4. The highest BCUT2D eigenvalue weighted by molar-refractivity contribution is 5.92. The lowest BCUT2D eigenvalue weighted by Gasteiger charge is -2.44. The summed E-state index contributed by atoms with van der Waals surface area (Å²) in [7, 11) is 0. The highest BCUT2D eigenvalue weighted by Crippen LogP contribution is 2.34. The second-order valence-electron chi connectivity index (χ2n) is 8.44. The molecular formula is C22H29N5O3. The summed E-state index contributed by atoms with van der Waals surface area (Å²) in [5.74, 6) is 0.269. The van der Waals surface area contributed by atoms with Crippen molar-refractivity contribution in [1.82, 2.24) is 20.2 Å². The van der Waals surface area contributed by atoms with Crippen molar-refractivity contribution in [3.8, 4) is 0 Å². The van der Waals surface area contributed by atoms with Crippen LogP contribution in [0.1, 0.15) is 35.5 Å². The Bertz CT molecular complexity index is 900. The van der Waals surface area contributed by atoms with Gasteiger partial charge in [0.2, 0.25) is 0 Å². The van der Waals surface area contributed by atoms with E-state index < -0.39 is 6.10 Å². The van der Waals surface area contributed by atoms with Gasteiger partial charge in [0, 0.05) is 31.2 Å². The lowest BCUT2D eigenvalue weighted by atomic mass is 9.83. The van der Waals surface area contributed by atoms with E-state index in [0.717, 1.165) is 13.0 Å². The molecule has 2 aromatic rings. The average Bonchev–Trinajstić information content (AvgIpc) is 2.71. The Labute approximate surface area is 176 Å². The van der Waals surface area contributed by atoms with Gasteiger partial charge in [-0.3, -0.25) is 9.69 Å². The number of amides is 1. The molecule has 8 nitrogen and oxygen atoms in total. The topological polar surface area (TPSA) is 99.6 Å². The summed E-state index contributed by atoms with van der Waals surface area (Å²) in [6.07, 6.45) is 1.65. The molecule has 3 heterocycles. The quantitative estimate of drug-likeness (QED) is 0.629. The average molecular weight is 412 g/mol. The fraction of sp³-hybridized carbons (Fsp3) is 0.500. The van der Waals surface area contributed by atoms with E-state index in [1.54, 1.807) is 6.07 Å². The molecule has 1 fully saturated rings. The Balaban J connectivity index is 1.31. The molecule has 1 aromatic carbocycles. The third-order valence-corrected chi connectivity index (χ3v) is 5.94. The van der Waals surface area contributed by atoms with E-state index in [4.69, 9.17) is 4.74 Å². The highest BCUT2D eigenvalue weighted by Gasteiger charge is 2.35. The maximum atomic E-state index is 12.5. The van der Waals surface area contributed by atoms with Crippen molar-refractivity contribution < 1.29 is 14.6 Å². The molecule has 0 saturated carbocycles. The molecule has 1 aromatic heterocycles. The molecule has 0 spiro atoms. The van der Waals surface area contributed by atoms with Gasteiger partial charge in [-0.1, -0.05) is 24.3 Å². The number of nitrogens with one attached hydrogen (secondary N) is 2. The van der Waals surface area contributed by atoms with E-state index in [1.807, 2.05) is 0 Å². The number of β-amino-alcohol motifs (C(OH)–C–C–N with tert-alkyl or cyclic N) is 1. The number of hydrogen-bond acceptors (Lipinski definition) is 7. The molecule has 2 aliphatic rings. The molecule has 0 aliphatic carbocycles. The van der Waals surface area contributed by atoms with Crippen LogP contribution in [0.2, 0.25) is 0 Å². The first-order valence-electron chi connectivity index (χ1n) is 10.4. The van der Waals surface area contributed by atoms with Crippen LogP contribution in [0.5, 0.6) is 0 Å². The minimum absolute atomic E-state index is 0.163. The zero-order chi connectivity index (χ0) is 21.1. The van der Waals surface area contributed by atoms with Gasteiger partial charge in [0.05, 0.1) is 25.4 Å². The van der Waals surface area contributed by atoms with Crippen molar-refractivity contribution in [2.75, 3.05) is 38.2 Å². The minimum atomic E-state index is -0.676. The zero-order valence-electron chi connectivity index (χ0n) is 17.5. The largest absolute Gasteiger partial charge is 0.390 e.